The Morgan fingerprint density at radius 3 is 2.40 bits per heavy atom. The number of hydrogen-bond acceptors (Lipinski definition) is 4. The second-order valence-corrected chi connectivity index (χ2v) is 3.02. The van der Waals surface area contributed by atoms with Gasteiger partial charge >= 0.3 is 11.9 Å². The molecule has 0 amide bonds. The summed E-state index contributed by atoms with van der Waals surface area (Å²) in [6, 6.07) is 0. The number of carbonyl (C=O) groups is 2. The number of carboxylic acids is 1. The van der Waals surface area contributed by atoms with E-state index in [1.165, 1.54) is 0 Å². The zero-order valence-corrected chi connectivity index (χ0v) is 9.03. The highest BCUT2D eigenvalue weighted by Gasteiger charge is 2.03. The van der Waals surface area contributed by atoms with Gasteiger partial charge in [-0.25, -0.2) is 0 Å². The minimum absolute atomic E-state index is 0.103. The standard InChI is InChI=1S/C10H18O5/c1-2-14-7-8-15-10(13)6-4-3-5-9(11)12/h2-8H2,1H3,(H,11,12). The van der Waals surface area contributed by atoms with Crippen molar-refractivity contribution in [2.45, 2.75) is 32.6 Å². The van der Waals surface area contributed by atoms with E-state index in [0.29, 0.717) is 26.1 Å². The third-order valence-electron chi connectivity index (χ3n) is 1.72. The fourth-order valence-corrected chi connectivity index (χ4v) is 0.976. The zero-order chi connectivity index (χ0) is 11.5. The maximum Gasteiger partial charge on any atom is 0.305 e. The number of carbonyl (C=O) groups excluding carboxylic acids is 1. The Balaban J connectivity index is 3.22. The van der Waals surface area contributed by atoms with Crippen molar-refractivity contribution in [2.75, 3.05) is 19.8 Å². The third-order valence-corrected chi connectivity index (χ3v) is 1.72. The molecule has 0 spiro atoms. The van der Waals surface area contributed by atoms with Gasteiger partial charge < -0.3 is 14.6 Å². The average molecular weight is 218 g/mol. The molecular weight excluding hydrogens is 200 g/mol. The second-order valence-electron chi connectivity index (χ2n) is 3.02. The first-order valence-electron chi connectivity index (χ1n) is 5.12. The first-order valence-corrected chi connectivity index (χ1v) is 5.12. The normalized spacial score (nSPS) is 9.93. The second kappa shape index (κ2) is 9.45. The Morgan fingerprint density at radius 1 is 1.13 bits per heavy atom. The van der Waals surface area contributed by atoms with Gasteiger partial charge in [0.15, 0.2) is 0 Å². The molecule has 0 radical (unpaired) electrons. The van der Waals surface area contributed by atoms with Gasteiger partial charge in [-0.1, -0.05) is 0 Å². The SMILES string of the molecule is CCOCCOC(=O)CCCCC(=O)O. The van der Waals surface area contributed by atoms with Gasteiger partial charge in [0, 0.05) is 19.4 Å². The van der Waals surface area contributed by atoms with Crippen LogP contribution in [0.15, 0.2) is 0 Å². The van der Waals surface area contributed by atoms with E-state index in [4.69, 9.17) is 14.6 Å². The summed E-state index contributed by atoms with van der Waals surface area (Å²) in [7, 11) is 0. The molecule has 0 aromatic rings. The predicted octanol–water partition coefficient (Wildman–Crippen LogP) is 1.21. The summed E-state index contributed by atoms with van der Waals surface area (Å²) in [5.74, 6) is -1.13. The topological polar surface area (TPSA) is 72.8 Å². The molecule has 0 saturated heterocycles. The summed E-state index contributed by atoms with van der Waals surface area (Å²) in [6.07, 6.45) is 1.45. The average Bonchev–Trinajstić information content (AvgIpc) is 2.19. The number of unbranched alkanes of at least 4 members (excludes halogenated alkanes) is 1. The molecule has 0 aromatic heterocycles. The molecule has 0 aliphatic carbocycles. The Morgan fingerprint density at radius 2 is 1.80 bits per heavy atom. The van der Waals surface area contributed by atoms with Crippen molar-refractivity contribution >= 4 is 11.9 Å². The molecule has 0 saturated carbocycles. The highest BCUT2D eigenvalue weighted by Crippen LogP contribution is 2.01. The number of aliphatic carboxylic acids is 1. The van der Waals surface area contributed by atoms with E-state index in [-0.39, 0.29) is 25.4 Å². The van der Waals surface area contributed by atoms with E-state index < -0.39 is 5.97 Å². The van der Waals surface area contributed by atoms with Crippen LogP contribution in [0.5, 0.6) is 0 Å². The summed E-state index contributed by atoms with van der Waals surface area (Å²) in [6.45, 7) is 3.16. The van der Waals surface area contributed by atoms with Gasteiger partial charge in [-0.15, -0.1) is 0 Å². The lowest BCUT2D eigenvalue weighted by Gasteiger charge is -2.04. The molecule has 0 heterocycles. The van der Waals surface area contributed by atoms with Crippen molar-refractivity contribution in [1.82, 2.24) is 0 Å². The minimum Gasteiger partial charge on any atom is -0.481 e. The smallest absolute Gasteiger partial charge is 0.305 e. The lowest BCUT2D eigenvalue weighted by molar-refractivity contribution is -0.145. The summed E-state index contributed by atoms with van der Waals surface area (Å²) in [5.41, 5.74) is 0. The molecular formula is C10H18O5. The van der Waals surface area contributed by atoms with Crippen LogP contribution in [0, 0.1) is 0 Å². The van der Waals surface area contributed by atoms with E-state index in [1.54, 1.807) is 0 Å². The van der Waals surface area contributed by atoms with Crippen LogP contribution >= 0.6 is 0 Å². The first kappa shape index (κ1) is 13.9. The van der Waals surface area contributed by atoms with Crippen molar-refractivity contribution in [2.24, 2.45) is 0 Å². The number of hydrogen-bond donors (Lipinski definition) is 1. The Labute approximate surface area is 89.4 Å². The molecule has 0 fully saturated rings. The van der Waals surface area contributed by atoms with Gasteiger partial charge in [0.1, 0.15) is 6.61 Å². The number of esters is 1. The van der Waals surface area contributed by atoms with Crippen LogP contribution in [-0.2, 0) is 19.1 Å². The van der Waals surface area contributed by atoms with E-state index in [2.05, 4.69) is 0 Å². The van der Waals surface area contributed by atoms with Gasteiger partial charge in [-0.05, 0) is 19.8 Å². The quantitative estimate of drug-likeness (QED) is 0.465. The number of carboxylic acid groups (broad SMARTS) is 1. The van der Waals surface area contributed by atoms with Gasteiger partial charge in [-0.3, -0.25) is 9.59 Å². The van der Waals surface area contributed by atoms with E-state index in [1.807, 2.05) is 6.92 Å². The van der Waals surface area contributed by atoms with Gasteiger partial charge in [0.2, 0.25) is 0 Å². The summed E-state index contributed by atoms with van der Waals surface area (Å²) < 4.78 is 9.83. The van der Waals surface area contributed by atoms with Gasteiger partial charge in [0.05, 0.1) is 6.61 Å². The van der Waals surface area contributed by atoms with Crippen molar-refractivity contribution in [3.05, 3.63) is 0 Å². The third kappa shape index (κ3) is 10.8. The van der Waals surface area contributed by atoms with Crippen LogP contribution in [0.2, 0.25) is 0 Å². The molecule has 0 atom stereocenters. The van der Waals surface area contributed by atoms with Crippen LogP contribution < -0.4 is 0 Å². The lowest BCUT2D eigenvalue weighted by Crippen LogP contribution is -2.10. The maximum atomic E-state index is 11.0. The summed E-state index contributed by atoms with van der Waals surface area (Å²) in [5, 5.41) is 8.35. The van der Waals surface area contributed by atoms with Crippen LogP contribution in [0.4, 0.5) is 0 Å². The maximum absolute atomic E-state index is 11.0. The minimum atomic E-state index is -0.834. The van der Waals surface area contributed by atoms with E-state index in [0.717, 1.165) is 0 Å². The monoisotopic (exact) mass is 218 g/mol. The molecule has 0 aliphatic heterocycles. The molecule has 88 valence electrons. The highest BCUT2D eigenvalue weighted by atomic mass is 16.6. The summed E-state index contributed by atoms with van der Waals surface area (Å²) >= 11 is 0. The Hall–Kier alpha value is -1.10. The van der Waals surface area contributed by atoms with Gasteiger partial charge in [-0.2, -0.15) is 0 Å². The highest BCUT2D eigenvalue weighted by molar-refractivity contribution is 5.69. The van der Waals surface area contributed by atoms with Crippen molar-refractivity contribution in [1.29, 1.82) is 0 Å². The molecule has 5 heteroatoms. The zero-order valence-electron chi connectivity index (χ0n) is 9.03. The van der Waals surface area contributed by atoms with Gasteiger partial charge in [0.25, 0.3) is 0 Å². The fraction of sp³-hybridized carbons (Fsp3) is 0.800. The largest absolute Gasteiger partial charge is 0.481 e. The van der Waals surface area contributed by atoms with Crippen molar-refractivity contribution in [3.63, 3.8) is 0 Å². The van der Waals surface area contributed by atoms with Crippen LogP contribution in [-0.4, -0.2) is 36.9 Å². The molecule has 5 nitrogen and oxygen atoms in total. The van der Waals surface area contributed by atoms with Crippen molar-refractivity contribution in [3.8, 4) is 0 Å². The molecule has 0 unspecified atom stereocenters. The molecule has 0 aromatic carbocycles. The Bertz CT molecular complexity index is 190. The number of rotatable bonds is 9. The number of ether oxygens (including phenoxy) is 2. The van der Waals surface area contributed by atoms with Crippen LogP contribution in [0.3, 0.4) is 0 Å². The molecule has 0 rings (SSSR count). The lowest BCUT2D eigenvalue weighted by atomic mass is 10.2. The predicted molar refractivity (Wildman–Crippen MR) is 53.6 cm³/mol. The summed E-state index contributed by atoms with van der Waals surface area (Å²) in [4.78, 5) is 21.2. The molecule has 0 bridgehead atoms. The molecule has 0 aliphatic rings. The van der Waals surface area contributed by atoms with Crippen molar-refractivity contribution < 1.29 is 24.2 Å². The van der Waals surface area contributed by atoms with Crippen LogP contribution in [0.25, 0.3) is 0 Å². The molecule has 15 heavy (non-hydrogen) atoms. The Kier molecular flexibility index (Phi) is 8.76. The van der Waals surface area contributed by atoms with E-state index >= 15 is 0 Å². The molecule has 1 N–H and O–H groups in total. The van der Waals surface area contributed by atoms with E-state index in [9.17, 15) is 9.59 Å². The van der Waals surface area contributed by atoms with Crippen LogP contribution in [0.1, 0.15) is 32.6 Å². The first-order chi connectivity index (χ1) is 7.16. The fourth-order valence-electron chi connectivity index (χ4n) is 0.976.